The van der Waals surface area contributed by atoms with Crippen LogP contribution >= 0.6 is 0 Å². The second-order valence-electron chi connectivity index (χ2n) is 4.48. The summed E-state index contributed by atoms with van der Waals surface area (Å²) in [6.45, 7) is 2.03. The van der Waals surface area contributed by atoms with Crippen LogP contribution in [0.4, 0.5) is 5.69 Å². The molecule has 0 saturated carbocycles. The summed E-state index contributed by atoms with van der Waals surface area (Å²) in [6.07, 6.45) is 0. The van der Waals surface area contributed by atoms with E-state index in [-0.39, 0.29) is 36.5 Å². The molecular formula is C13H19N3O5. The van der Waals surface area contributed by atoms with Crippen LogP contribution in [0.5, 0.6) is 5.75 Å². The molecule has 0 bridgehead atoms. The number of hydrogen-bond acceptors (Lipinski definition) is 6. The zero-order valence-corrected chi connectivity index (χ0v) is 12.0. The summed E-state index contributed by atoms with van der Waals surface area (Å²) < 4.78 is 10.1. The van der Waals surface area contributed by atoms with Crippen molar-refractivity contribution in [1.82, 2.24) is 5.32 Å². The van der Waals surface area contributed by atoms with E-state index >= 15 is 0 Å². The van der Waals surface area contributed by atoms with E-state index in [1.54, 1.807) is 13.0 Å². The molecule has 0 spiro atoms. The number of nitrogens with two attached hydrogens (primary N) is 1. The van der Waals surface area contributed by atoms with E-state index in [1.165, 1.54) is 19.2 Å². The average molecular weight is 297 g/mol. The molecule has 1 atom stereocenters. The Kier molecular flexibility index (Phi) is 6.57. The van der Waals surface area contributed by atoms with Gasteiger partial charge in [-0.15, -0.1) is 0 Å². The Balaban J connectivity index is 2.66. The first-order chi connectivity index (χ1) is 9.97. The Labute approximate surface area is 122 Å². The van der Waals surface area contributed by atoms with Crippen molar-refractivity contribution < 1.29 is 19.2 Å². The molecule has 8 nitrogen and oxygen atoms in total. The lowest BCUT2D eigenvalue weighted by atomic mass is 10.2. The van der Waals surface area contributed by atoms with Crippen molar-refractivity contribution in [2.24, 2.45) is 5.73 Å². The number of amides is 1. The minimum atomic E-state index is -0.569. The number of methoxy groups -OCH3 is 1. The van der Waals surface area contributed by atoms with Gasteiger partial charge in [0.2, 0.25) is 0 Å². The van der Waals surface area contributed by atoms with Gasteiger partial charge < -0.3 is 20.5 Å². The van der Waals surface area contributed by atoms with Crippen molar-refractivity contribution in [2.45, 2.75) is 19.5 Å². The molecule has 1 unspecified atom stereocenters. The Hall–Kier alpha value is -2.19. The first-order valence-electron chi connectivity index (χ1n) is 6.36. The van der Waals surface area contributed by atoms with Gasteiger partial charge in [-0.25, -0.2) is 0 Å². The van der Waals surface area contributed by atoms with Crippen LogP contribution in [0.3, 0.4) is 0 Å². The van der Waals surface area contributed by atoms with E-state index in [2.05, 4.69) is 5.32 Å². The lowest BCUT2D eigenvalue weighted by molar-refractivity contribution is -0.385. The summed E-state index contributed by atoms with van der Waals surface area (Å²) in [5.41, 5.74) is 5.84. The van der Waals surface area contributed by atoms with Gasteiger partial charge in [-0.2, -0.15) is 0 Å². The highest BCUT2D eigenvalue weighted by Gasteiger charge is 2.17. The molecule has 1 amide bonds. The highest BCUT2D eigenvalue weighted by molar-refractivity contribution is 5.78. The third-order valence-corrected chi connectivity index (χ3v) is 2.64. The first kappa shape index (κ1) is 16.9. The third kappa shape index (κ3) is 5.36. The van der Waals surface area contributed by atoms with Crippen LogP contribution in [-0.2, 0) is 16.1 Å². The predicted octanol–water partition coefficient (Wildman–Crippen LogP) is 0.583. The molecule has 0 aromatic heterocycles. The molecule has 0 aliphatic rings. The van der Waals surface area contributed by atoms with Gasteiger partial charge in [0.05, 0.1) is 11.5 Å². The van der Waals surface area contributed by atoms with E-state index in [0.29, 0.717) is 12.2 Å². The SMILES string of the molecule is COCC(C)NC(=O)COc1ccc(CN)cc1[N+](=O)[O-]. The minimum absolute atomic E-state index is 0.0340. The van der Waals surface area contributed by atoms with Crippen molar-refractivity contribution in [1.29, 1.82) is 0 Å². The number of ether oxygens (including phenoxy) is 2. The summed E-state index contributed by atoms with van der Waals surface area (Å²) in [7, 11) is 1.53. The van der Waals surface area contributed by atoms with Crippen molar-refractivity contribution in [3.8, 4) is 5.75 Å². The number of rotatable bonds is 8. The number of nitro groups is 1. The second kappa shape index (κ2) is 8.18. The van der Waals surface area contributed by atoms with Gasteiger partial charge in [0.1, 0.15) is 0 Å². The van der Waals surface area contributed by atoms with Gasteiger partial charge in [0.15, 0.2) is 12.4 Å². The molecular weight excluding hydrogens is 278 g/mol. The molecule has 0 radical (unpaired) electrons. The summed E-state index contributed by atoms with van der Waals surface area (Å²) >= 11 is 0. The average Bonchev–Trinajstić information content (AvgIpc) is 2.45. The van der Waals surface area contributed by atoms with Crippen LogP contribution in [0.25, 0.3) is 0 Å². The maximum Gasteiger partial charge on any atom is 0.311 e. The molecule has 3 N–H and O–H groups in total. The number of nitrogens with one attached hydrogen (secondary N) is 1. The van der Waals surface area contributed by atoms with Crippen molar-refractivity contribution in [2.75, 3.05) is 20.3 Å². The van der Waals surface area contributed by atoms with Gasteiger partial charge in [-0.1, -0.05) is 6.07 Å². The van der Waals surface area contributed by atoms with Crippen molar-refractivity contribution >= 4 is 11.6 Å². The molecule has 116 valence electrons. The maximum absolute atomic E-state index is 11.6. The lowest BCUT2D eigenvalue weighted by Gasteiger charge is -2.13. The van der Waals surface area contributed by atoms with Crippen LogP contribution < -0.4 is 15.8 Å². The molecule has 0 heterocycles. The summed E-state index contributed by atoms with van der Waals surface area (Å²) in [5.74, 6) is -0.344. The van der Waals surface area contributed by atoms with Gasteiger partial charge in [-0.05, 0) is 18.6 Å². The zero-order valence-electron chi connectivity index (χ0n) is 12.0. The number of benzene rings is 1. The highest BCUT2D eigenvalue weighted by Crippen LogP contribution is 2.27. The molecule has 1 aromatic carbocycles. The fourth-order valence-electron chi connectivity index (χ4n) is 1.71. The Morgan fingerprint density at radius 2 is 2.24 bits per heavy atom. The normalized spacial score (nSPS) is 11.8. The second-order valence-corrected chi connectivity index (χ2v) is 4.48. The quantitative estimate of drug-likeness (QED) is 0.535. The summed E-state index contributed by atoms with van der Waals surface area (Å²) in [6, 6.07) is 4.22. The van der Waals surface area contributed by atoms with Crippen LogP contribution in [0, 0.1) is 10.1 Å². The molecule has 1 rings (SSSR count). The molecule has 0 aliphatic carbocycles. The topological polar surface area (TPSA) is 117 Å². The zero-order chi connectivity index (χ0) is 15.8. The largest absolute Gasteiger partial charge is 0.477 e. The first-order valence-corrected chi connectivity index (χ1v) is 6.36. The monoisotopic (exact) mass is 297 g/mol. The van der Waals surface area contributed by atoms with Gasteiger partial charge in [-0.3, -0.25) is 14.9 Å². The van der Waals surface area contributed by atoms with E-state index in [1.807, 2.05) is 0 Å². The van der Waals surface area contributed by atoms with Crippen LogP contribution in [0.2, 0.25) is 0 Å². The van der Waals surface area contributed by atoms with Crippen LogP contribution in [-0.4, -0.2) is 37.2 Å². The molecule has 0 fully saturated rings. The van der Waals surface area contributed by atoms with Crippen molar-refractivity contribution in [3.63, 3.8) is 0 Å². The Morgan fingerprint density at radius 1 is 1.52 bits per heavy atom. The number of carbonyl (C=O) groups excluding carboxylic acids is 1. The molecule has 21 heavy (non-hydrogen) atoms. The highest BCUT2D eigenvalue weighted by atomic mass is 16.6. The smallest absolute Gasteiger partial charge is 0.311 e. The summed E-state index contributed by atoms with van der Waals surface area (Å²) in [4.78, 5) is 22.0. The van der Waals surface area contributed by atoms with E-state index in [4.69, 9.17) is 15.2 Å². The Morgan fingerprint density at radius 3 is 2.81 bits per heavy atom. The van der Waals surface area contributed by atoms with Gasteiger partial charge >= 0.3 is 5.69 Å². The van der Waals surface area contributed by atoms with E-state index < -0.39 is 4.92 Å². The molecule has 0 saturated heterocycles. The summed E-state index contributed by atoms with van der Waals surface area (Å²) in [5, 5.41) is 13.6. The van der Waals surface area contributed by atoms with Crippen LogP contribution in [0.1, 0.15) is 12.5 Å². The number of carbonyl (C=O) groups is 1. The lowest BCUT2D eigenvalue weighted by Crippen LogP contribution is -2.38. The van der Waals surface area contributed by atoms with Crippen LogP contribution in [0.15, 0.2) is 18.2 Å². The predicted molar refractivity (Wildman–Crippen MR) is 76.0 cm³/mol. The Bertz CT molecular complexity index is 507. The van der Waals surface area contributed by atoms with Crippen molar-refractivity contribution in [3.05, 3.63) is 33.9 Å². The molecule has 8 heteroatoms. The third-order valence-electron chi connectivity index (χ3n) is 2.64. The minimum Gasteiger partial charge on any atom is -0.477 e. The standard InChI is InChI=1S/C13H19N3O5/c1-9(7-20-2)15-13(17)8-21-12-4-3-10(6-14)5-11(12)16(18)19/h3-5,9H,6-8,14H2,1-2H3,(H,15,17). The molecule has 0 aliphatic heterocycles. The van der Waals surface area contributed by atoms with E-state index in [0.717, 1.165) is 0 Å². The fourth-order valence-corrected chi connectivity index (χ4v) is 1.71. The number of hydrogen-bond donors (Lipinski definition) is 2. The maximum atomic E-state index is 11.6. The molecule has 1 aromatic rings. The van der Waals surface area contributed by atoms with E-state index in [9.17, 15) is 14.9 Å². The van der Waals surface area contributed by atoms with Gasteiger partial charge in [0.25, 0.3) is 5.91 Å². The number of nitro benzene ring substituents is 1. The fraction of sp³-hybridized carbons (Fsp3) is 0.462. The van der Waals surface area contributed by atoms with Gasteiger partial charge in [0, 0.05) is 25.8 Å². The number of nitrogens with zero attached hydrogens (tertiary/aromatic N) is 1.